The van der Waals surface area contributed by atoms with Gasteiger partial charge in [0.05, 0.1) is 5.60 Å². The van der Waals surface area contributed by atoms with Crippen molar-refractivity contribution in [1.82, 2.24) is 15.1 Å². The van der Waals surface area contributed by atoms with Gasteiger partial charge in [-0.25, -0.2) is 0 Å². The molecule has 1 amide bonds. The number of carbonyl (C=O) groups is 1. The Hall–Kier alpha value is -1.69. The van der Waals surface area contributed by atoms with Crippen molar-refractivity contribution in [1.29, 1.82) is 0 Å². The van der Waals surface area contributed by atoms with Gasteiger partial charge in [-0.15, -0.1) is 10.2 Å². The van der Waals surface area contributed by atoms with E-state index in [-0.39, 0.29) is 5.91 Å². The number of carbonyl (C=O) groups excluding carboxylic acids is 1. The molecular weight excluding hydrogens is 244 g/mol. The van der Waals surface area contributed by atoms with Gasteiger partial charge in [-0.3, -0.25) is 4.79 Å². The van der Waals surface area contributed by atoms with Crippen molar-refractivity contribution < 1.29 is 9.90 Å². The Bertz CT molecular complexity index is 438. The minimum Gasteiger partial charge on any atom is -0.388 e. The van der Waals surface area contributed by atoms with Crippen molar-refractivity contribution in [2.75, 3.05) is 26.0 Å². The second-order valence-electron chi connectivity index (χ2n) is 5.29. The fraction of sp³-hybridized carbons (Fsp3) is 0.615. The van der Waals surface area contributed by atoms with E-state index in [4.69, 9.17) is 0 Å². The van der Waals surface area contributed by atoms with Crippen LogP contribution in [0.15, 0.2) is 12.1 Å². The maximum atomic E-state index is 11.6. The molecule has 2 N–H and O–H groups in total. The summed E-state index contributed by atoms with van der Waals surface area (Å²) in [4.78, 5) is 13.1. The van der Waals surface area contributed by atoms with E-state index in [9.17, 15) is 9.90 Å². The number of aromatic nitrogens is 2. The fourth-order valence-electron chi connectivity index (χ4n) is 2.23. The lowest BCUT2D eigenvalue weighted by atomic mass is 10.0. The Morgan fingerprint density at radius 2 is 2.05 bits per heavy atom. The number of aliphatic hydroxyl groups is 1. The van der Waals surface area contributed by atoms with E-state index >= 15 is 0 Å². The van der Waals surface area contributed by atoms with E-state index in [1.807, 2.05) is 0 Å². The molecule has 0 radical (unpaired) electrons. The quantitative estimate of drug-likeness (QED) is 0.844. The van der Waals surface area contributed by atoms with Gasteiger partial charge < -0.3 is 15.3 Å². The standard InChI is InChI=1S/C13H20N4O2/c1-17(2)12(18)10-5-6-11(16-15-10)14-9-13(19)7-3-4-8-13/h5-6,19H,3-4,7-9H2,1-2H3,(H,14,16). The number of anilines is 1. The molecule has 19 heavy (non-hydrogen) atoms. The van der Waals surface area contributed by atoms with Crippen molar-refractivity contribution >= 4 is 11.7 Å². The van der Waals surface area contributed by atoms with E-state index in [0.717, 1.165) is 25.7 Å². The summed E-state index contributed by atoms with van der Waals surface area (Å²) in [6.45, 7) is 0.475. The van der Waals surface area contributed by atoms with Gasteiger partial charge in [0.25, 0.3) is 5.91 Å². The summed E-state index contributed by atoms with van der Waals surface area (Å²) in [7, 11) is 3.34. The van der Waals surface area contributed by atoms with Crippen LogP contribution in [0, 0.1) is 0 Å². The lowest BCUT2D eigenvalue weighted by Gasteiger charge is -2.22. The van der Waals surface area contributed by atoms with E-state index in [2.05, 4.69) is 15.5 Å². The molecule has 104 valence electrons. The molecule has 1 heterocycles. The molecule has 1 aliphatic rings. The van der Waals surface area contributed by atoms with Gasteiger partial charge in [0.15, 0.2) is 5.69 Å². The maximum absolute atomic E-state index is 11.6. The Labute approximate surface area is 112 Å². The number of nitrogens with one attached hydrogen (secondary N) is 1. The average molecular weight is 264 g/mol. The summed E-state index contributed by atoms with van der Waals surface area (Å²) in [5, 5.41) is 21.1. The second kappa shape index (κ2) is 5.52. The van der Waals surface area contributed by atoms with Crippen molar-refractivity contribution in [3.05, 3.63) is 17.8 Å². The van der Waals surface area contributed by atoms with Crippen molar-refractivity contribution in [2.45, 2.75) is 31.3 Å². The highest BCUT2D eigenvalue weighted by Crippen LogP contribution is 2.29. The molecule has 2 rings (SSSR count). The molecule has 0 spiro atoms. The van der Waals surface area contributed by atoms with E-state index in [1.54, 1.807) is 26.2 Å². The molecule has 1 aromatic heterocycles. The van der Waals surface area contributed by atoms with Crippen LogP contribution in [0.5, 0.6) is 0 Å². The lowest BCUT2D eigenvalue weighted by molar-refractivity contribution is 0.0613. The first-order valence-electron chi connectivity index (χ1n) is 6.52. The molecule has 6 heteroatoms. The van der Waals surface area contributed by atoms with Gasteiger partial charge in [-0.05, 0) is 25.0 Å². The van der Waals surface area contributed by atoms with E-state index in [0.29, 0.717) is 18.1 Å². The molecule has 1 aromatic rings. The summed E-state index contributed by atoms with van der Waals surface area (Å²) in [5.41, 5.74) is -0.310. The largest absolute Gasteiger partial charge is 0.388 e. The smallest absolute Gasteiger partial charge is 0.273 e. The van der Waals surface area contributed by atoms with Crippen LogP contribution >= 0.6 is 0 Å². The predicted octanol–water partition coefficient (Wildman–Crippen LogP) is 0.895. The van der Waals surface area contributed by atoms with Crippen LogP contribution in [0.1, 0.15) is 36.2 Å². The summed E-state index contributed by atoms with van der Waals surface area (Å²) < 4.78 is 0. The van der Waals surface area contributed by atoms with Crippen molar-refractivity contribution in [2.24, 2.45) is 0 Å². The SMILES string of the molecule is CN(C)C(=O)c1ccc(NCC2(O)CCCC2)nn1. The van der Waals surface area contributed by atoms with Gasteiger partial charge >= 0.3 is 0 Å². The van der Waals surface area contributed by atoms with Crippen LogP contribution in [0.3, 0.4) is 0 Å². The zero-order valence-corrected chi connectivity index (χ0v) is 11.4. The molecule has 0 aromatic carbocycles. The van der Waals surface area contributed by atoms with E-state index < -0.39 is 5.60 Å². The third-order valence-corrected chi connectivity index (χ3v) is 3.42. The van der Waals surface area contributed by atoms with Gasteiger partial charge in [-0.2, -0.15) is 0 Å². The molecule has 0 unspecified atom stereocenters. The summed E-state index contributed by atoms with van der Waals surface area (Å²) in [5.74, 6) is 0.407. The third-order valence-electron chi connectivity index (χ3n) is 3.42. The minimum atomic E-state index is -0.625. The Morgan fingerprint density at radius 3 is 2.58 bits per heavy atom. The van der Waals surface area contributed by atoms with Crippen LogP contribution in [-0.2, 0) is 0 Å². The molecule has 0 atom stereocenters. The van der Waals surface area contributed by atoms with E-state index in [1.165, 1.54) is 4.90 Å². The molecular formula is C13H20N4O2. The van der Waals surface area contributed by atoms with Crippen LogP contribution < -0.4 is 5.32 Å². The Morgan fingerprint density at radius 1 is 1.37 bits per heavy atom. The summed E-state index contributed by atoms with van der Waals surface area (Å²) >= 11 is 0. The van der Waals surface area contributed by atoms with Crippen molar-refractivity contribution in [3.63, 3.8) is 0 Å². The van der Waals surface area contributed by atoms with Crippen LogP contribution in [0.4, 0.5) is 5.82 Å². The number of hydrogen-bond donors (Lipinski definition) is 2. The van der Waals surface area contributed by atoms with Gasteiger partial charge in [0, 0.05) is 20.6 Å². The van der Waals surface area contributed by atoms with Crippen LogP contribution in [-0.4, -0.2) is 52.4 Å². The summed E-state index contributed by atoms with van der Waals surface area (Å²) in [6.07, 6.45) is 3.79. The fourth-order valence-corrected chi connectivity index (χ4v) is 2.23. The first kappa shape index (κ1) is 13.7. The lowest BCUT2D eigenvalue weighted by Crippen LogP contribution is -2.33. The monoisotopic (exact) mass is 264 g/mol. The molecule has 0 saturated heterocycles. The Balaban J connectivity index is 1.93. The molecule has 1 aliphatic carbocycles. The highest BCUT2D eigenvalue weighted by atomic mass is 16.3. The third kappa shape index (κ3) is 3.41. The number of hydrogen-bond acceptors (Lipinski definition) is 5. The molecule has 6 nitrogen and oxygen atoms in total. The molecule has 0 aliphatic heterocycles. The average Bonchev–Trinajstić information content (AvgIpc) is 2.83. The zero-order chi connectivity index (χ0) is 13.9. The second-order valence-corrected chi connectivity index (χ2v) is 5.29. The van der Waals surface area contributed by atoms with Crippen LogP contribution in [0.25, 0.3) is 0 Å². The normalized spacial score (nSPS) is 17.2. The summed E-state index contributed by atoms with van der Waals surface area (Å²) in [6, 6.07) is 3.35. The van der Waals surface area contributed by atoms with Gasteiger partial charge in [0.2, 0.25) is 0 Å². The first-order valence-corrected chi connectivity index (χ1v) is 6.52. The maximum Gasteiger partial charge on any atom is 0.273 e. The first-order chi connectivity index (χ1) is 9.00. The van der Waals surface area contributed by atoms with Crippen molar-refractivity contribution in [3.8, 4) is 0 Å². The zero-order valence-electron chi connectivity index (χ0n) is 11.4. The Kier molecular flexibility index (Phi) is 3.99. The topological polar surface area (TPSA) is 78.4 Å². The van der Waals surface area contributed by atoms with Gasteiger partial charge in [-0.1, -0.05) is 12.8 Å². The minimum absolute atomic E-state index is 0.173. The van der Waals surface area contributed by atoms with Crippen LogP contribution in [0.2, 0.25) is 0 Å². The predicted molar refractivity (Wildman–Crippen MR) is 72.0 cm³/mol. The number of amides is 1. The number of rotatable bonds is 4. The highest BCUT2D eigenvalue weighted by Gasteiger charge is 2.30. The molecule has 1 fully saturated rings. The molecule has 1 saturated carbocycles. The molecule has 0 bridgehead atoms. The highest BCUT2D eigenvalue weighted by molar-refractivity contribution is 5.91. The number of nitrogens with zero attached hydrogens (tertiary/aromatic N) is 3. The van der Waals surface area contributed by atoms with Gasteiger partial charge in [0.1, 0.15) is 5.82 Å².